The zero-order valence-corrected chi connectivity index (χ0v) is 18.5. The molecule has 3 rings (SSSR count). The van der Waals surface area contributed by atoms with Crippen LogP contribution in [0.1, 0.15) is 31.2 Å². The molecule has 0 radical (unpaired) electrons. The third-order valence-electron chi connectivity index (χ3n) is 4.36. The maximum Gasteiger partial charge on any atom is 0.262 e. The first-order valence-corrected chi connectivity index (χ1v) is 12.8. The van der Waals surface area contributed by atoms with Crippen molar-refractivity contribution in [2.45, 2.75) is 30.6 Å². The highest BCUT2D eigenvalue weighted by molar-refractivity contribution is 7.95. The average molecular weight is 468 g/mol. The van der Waals surface area contributed by atoms with Crippen LogP contribution in [0.25, 0.3) is 6.08 Å². The van der Waals surface area contributed by atoms with E-state index >= 15 is 0 Å². The molecule has 0 saturated carbocycles. The lowest BCUT2D eigenvalue weighted by molar-refractivity contribution is 0.592. The molecule has 160 valence electrons. The van der Waals surface area contributed by atoms with E-state index in [0.29, 0.717) is 29.4 Å². The van der Waals surface area contributed by atoms with E-state index in [1.807, 2.05) is 0 Å². The van der Waals surface area contributed by atoms with Crippen LogP contribution in [-0.4, -0.2) is 29.2 Å². The predicted octanol–water partition coefficient (Wildman–Crippen LogP) is 4.00. The maximum absolute atomic E-state index is 12.5. The highest BCUT2D eigenvalue weighted by Gasteiger charge is 2.17. The minimum atomic E-state index is -3.77. The monoisotopic (exact) mass is 467 g/mol. The van der Waals surface area contributed by atoms with E-state index in [4.69, 9.17) is 11.6 Å². The van der Waals surface area contributed by atoms with Crippen LogP contribution in [0, 0.1) is 0 Å². The molecule has 1 heterocycles. The van der Waals surface area contributed by atoms with E-state index in [-0.39, 0.29) is 10.6 Å². The summed E-state index contributed by atoms with van der Waals surface area (Å²) in [6.45, 7) is 0.613. The van der Waals surface area contributed by atoms with Gasteiger partial charge in [-0.15, -0.1) is 0 Å². The van der Waals surface area contributed by atoms with Crippen LogP contribution < -0.4 is 9.44 Å². The Morgan fingerprint density at radius 1 is 0.867 bits per heavy atom. The molecule has 0 unspecified atom stereocenters. The molecular formula is C20H22ClN3O4S2. The van der Waals surface area contributed by atoms with Crippen molar-refractivity contribution in [1.29, 1.82) is 0 Å². The van der Waals surface area contributed by atoms with E-state index in [0.717, 1.165) is 24.7 Å². The number of nitrogens with one attached hydrogen (secondary N) is 2. The Labute approximate surface area is 182 Å². The molecule has 0 bridgehead atoms. The molecule has 0 atom stereocenters. The molecule has 30 heavy (non-hydrogen) atoms. The van der Waals surface area contributed by atoms with Crippen LogP contribution in [0.3, 0.4) is 0 Å². The van der Waals surface area contributed by atoms with Gasteiger partial charge in [-0.1, -0.05) is 30.2 Å². The molecule has 0 saturated heterocycles. The van der Waals surface area contributed by atoms with E-state index in [1.165, 1.54) is 30.3 Å². The molecule has 10 heteroatoms. The third kappa shape index (κ3) is 6.58. The van der Waals surface area contributed by atoms with Crippen molar-refractivity contribution in [3.8, 4) is 0 Å². The van der Waals surface area contributed by atoms with Gasteiger partial charge in [0.25, 0.3) is 20.0 Å². The van der Waals surface area contributed by atoms with Crippen molar-refractivity contribution in [3.63, 3.8) is 0 Å². The first kappa shape index (κ1) is 22.3. The molecule has 0 spiro atoms. The lowest BCUT2D eigenvalue weighted by Crippen LogP contribution is -2.30. The standard InChI is InChI=1S/C20H22ClN3O4S2/c21-17-7-5-16(6-8-17)13-15-29(25,26)23-18-9-11-19(12-10-18)30(27,28)24-20-4-2-1-3-14-22-20/h5-13,15,23H,1-4,14H2,(H,22,24). The van der Waals surface area contributed by atoms with E-state index < -0.39 is 20.0 Å². The number of rotatable bonds is 6. The van der Waals surface area contributed by atoms with Crippen LogP contribution in [0.4, 0.5) is 5.69 Å². The summed E-state index contributed by atoms with van der Waals surface area (Å²) in [5.41, 5.74) is 0.931. The van der Waals surface area contributed by atoms with Crippen molar-refractivity contribution in [2.75, 3.05) is 11.3 Å². The summed E-state index contributed by atoms with van der Waals surface area (Å²) in [5, 5.41) is 1.59. The quantitative estimate of drug-likeness (QED) is 0.669. The van der Waals surface area contributed by atoms with Crippen LogP contribution in [-0.2, 0) is 20.0 Å². The van der Waals surface area contributed by atoms with Gasteiger partial charge in [0, 0.05) is 23.7 Å². The largest absolute Gasteiger partial charge is 0.280 e. The first-order valence-electron chi connectivity index (χ1n) is 9.36. The molecule has 2 aromatic carbocycles. The van der Waals surface area contributed by atoms with Crippen LogP contribution in [0.5, 0.6) is 0 Å². The lowest BCUT2D eigenvalue weighted by Gasteiger charge is -2.10. The Bertz CT molecular complexity index is 1140. The second kappa shape index (κ2) is 9.63. The summed E-state index contributed by atoms with van der Waals surface area (Å²) in [5.74, 6) is 0.463. The average Bonchev–Trinajstić information content (AvgIpc) is 2.96. The normalized spacial score (nSPS) is 15.4. The Balaban J connectivity index is 1.67. The number of benzene rings is 2. The third-order valence-corrected chi connectivity index (χ3v) is 7.02. The molecule has 2 aromatic rings. The highest BCUT2D eigenvalue weighted by Crippen LogP contribution is 2.17. The fraction of sp³-hybridized carbons (Fsp3) is 0.250. The van der Waals surface area contributed by atoms with Crippen molar-refractivity contribution in [2.24, 2.45) is 4.99 Å². The summed E-state index contributed by atoms with van der Waals surface area (Å²) in [6.07, 6.45) is 4.90. The Kier molecular flexibility index (Phi) is 7.17. The molecule has 1 aliphatic heterocycles. The number of amidine groups is 1. The van der Waals surface area contributed by atoms with E-state index in [9.17, 15) is 16.8 Å². The number of halogens is 1. The van der Waals surface area contributed by atoms with Crippen LogP contribution >= 0.6 is 11.6 Å². The fourth-order valence-corrected chi connectivity index (χ4v) is 4.90. The minimum Gasteiger partial charge on any atom is -0.280 e. The topological polar surface area (TPSA) is 105 Å². The maximum atomic E-state index is 12.5. The van der Waals surface area contributed by atoms with Gasteiger partial charge < -0.3 is 0 Å². The van der Waals surface area contributed by atoms with Gasteiger partial charge in [0.05, 0.1) is 10.3 Å². The molecule has 2 N–H and O–H groups in total. The summed E-state index contributed by atoms with van der Waals surface area (Å²) in [6, 6.07) is 12.2. The molecule has 1 aliphatic rings. The van der Waals surface area contributed by atoms with Gasteiger partial charge in [-0.25, -0.2) is 16.8 Å². The molecule has 0 aliphatic carbocycles. The molecule has 0 amide bonds. The Morgan fingerprint density at radius 3 is 2.27 bits per heavy atom. The first-order chi connectivity index (χ1) is 14.2. The van der Waals surface area contributed by atoms with Gasteiger partial charge in [0.2, 0.25) is 0 Å². The Hall–Kier alpha value is -2.36. The van der Waals surface area contributed by atoms with E-state index in [2.05, 4.69) is 14.4 Å². The lowest BCUT2D eigenvalue weighted by atomic mass is 10.2. The second-order valence-corrected chi connectivity index (χ2v) is 10.5. The molecule has 0 fully saturated rings. The second-order valence-electron chi connectivity index (χ2n) is 6.77. The SMILES string of the molecule is O=S(=O)(C=Cc1ccc(Cl)cc1)Nc1ccc(S(=O)(=O)NC2=NCCCCC2)cc1. The number of nitrogens with zero attached hydrogens (tertiary/aromatic N) is 1. The summed E-state index contributed by atoms with van der Waals surface area (Å²) >= 11 is 5.81. The number of hydrogen-bond donors (Lipinski definition) is 2. The van der Waals surface area contributed by atoms with Crippen molar-refractivity contribution >= 4 is 49.2 Å². The smallest absolute Gasteiger partial charge is 0.262 e. The molecule has 7 nitrogen and oxygen atoms in total. The zero-order chi connectivity index (χ0) is 21.6. The van der Waals surface area contributed by atoms with Crippen molar-refractivity contribution < 1.29 is 16.8 Å². The molecule has 0 aromatic heterocycles. The van der Waals surface area contributed by atoms with Gasteiger partial charge in [-0.05, 0) is 60.9 Å². The zero-order valence-electron chi connectivity index (χ0n) is 16.1. The summed E-state index contributed by atoms with van der Waals surface area (Å²) in [4.78, 5) is 4.31. The summed E-state index contributed by atoms with van der Waals surface area (Å²) < 4.78 is 54.5. The number of sulfonamides is 2. The van der Waals surface area contributed by atoms with E-state index in [1.54, 1.807) is 24.3 Å². The fourth-order valence-electron chi connectivity index (χ4n) is 2.81. The number of aliphatic imine (C=N–C) groups is 1. The van der Waals surface area contributed by atoms with Gasteiger partial charge in [0.15, 0.2) is 0 Å². The predicted molar refractivity (Wildman–Crippen MR) is 121 cm³/mol. The van der Waals surface area contributed by atoms with Gasteiger partial charge in [-0.2, -0.15) is 0 Å². The molecular weight excluding hydrogens is 446 g/mol. The van der Waals surface area contributed by atoms with Crippen molar-refractivity contribution in [1.82, 2.24) is 4.72 Å². The van der Waals surface area contributed by atoms with Gasteiger partial charge >= 0.3 is 0 Å². The number of anilines is 1. The van der Waals surface area contributed by atoms with Crippen molar-refractivity contribution in [3.05, 3.63) is 64.5 Å². The van der Waals surface area contributed by atoms with Crippen LogP contribution in [0.15, 0.2) is 63.8 Å². The summed E-state index contributed by atoms with van der Waals surface area (Å²) in [7, 11) is -7.53. The Morgan fingerprint density at radius 2 is 1.57 bits per heavy atom. The minimum absolute atomic E-state index is 0.0362. The highest BCUT2D eigenvalue weighted by atomic mass is 35.5. The van der Waals surface area contributed by atoms with Gasteiger partial charge in [-0.3, -0.25) is 14.4 Å². The van der Waals surface area contributed by atoms with Gasteiger partial charge in [0.1, 0.15) is 5.84 Å². The van der Waals surface area contributed by atoms with Crippen LogP contribution in [0.2, 0.25) is 5.02 Å². The number of hydrogen-bond acceptors (Lipinski definition) is 5.